The van der Waals surface area contributed by atoms with Crippen molar-refractivity contribution in [3.05, 3.63) is 59.7 Å². The minimum Gasteiger partial charge on any atom is -0.480 e. The number of hydrogen-bond donors (Lipinski definition) is 4. The summed E-state index contributed by atoms with van der Waals surface area (Å²) in [6, 6.07) is 12.2. The number of alkyl carbamates (subject to hydrolysis) is 1. The molecular formula is C21H24N2O6. The van der Waals surface area contributed by atoms with E-state index in [1.54, 1.807) is 63.2 Å². The first-order valence-corrected chi connectivity index (χ1v) is 8.96. The quantitative estimate of drug-likeness (QED) is 0.559. The summed E-state index contributed by atoms with van der Waals surface area (Å²) in [4.78, 5) is 34.6. The van der Waals surface area contributed by atoms with Gasteiger partial charge in [0.25, 0.3) is 0 Å². The van der Waals surface area contributed by atoms with Gasteiger partial charge in [-0.15, -0.1) is 0 Å². The number of ether oxygens (including phenoxy) is 1. The summed E-state index contributed by atoms with van der Waals surface area (Å²) in [7, 11) is 0. The van der Waals surface area contributed by atoms with Crippen molar-refractivity contribution in [1.82, 2.24) is 5.32 Å². The van der Waals surface area contributed by atoms with Crippen LogP contribution in [-0.4, -0.2) is 39.9 Å². The van der Waals surface area contributed by atoms with Crippen LogP contribution < -0.4 is 10.6 Å². The van der Waals surface area contributed by atoms with Crippen LogP contribution in [0.2, 0.25) is 0 Å². The third-order valence-corrected chi connectivity index (χ3v) is 3.82. The van der Waals surface area contributed by atoms with Gasteiger partial charge in [0, 0.05) is 12.1 Å². The Hall–Kier alpha value is -3.55. The Balaban J connectivity index is 2.06. The molecule has 1 amide bonds. The zero-order valence-corrected chi connectivity index (χ0v) is 16.4. The molecule has 0 heterocycles. The second-order valence-corrected chi connectivity index (χ2v) is 7.41. The largest absolute Gasteiger partial charge is 0.480 e. The van der Waals surface area contributed by atoms with Crippen molar-refractivity contribution < 1.29 is 29.3 Å². The van der Waals surface area contributed by atoms with Gasteiger partial charge in [0.05, 0.1) is 11.3 Å². The van der Waals surface area contributed by atoms with Gasteiger partial charge in [-0.25, -0.2) is 14.4 Å². The second kappa shape index (κ2) is 9.09. The average molecular weight is 400 g/mol. The molecule has 154 valence electrons. The molecule has 0 fully saturated rings. The normalized spacial score (nSPS) is 12.0. The summed E-state index contributed by atoms with van der Waals surface area (Å²) < 4.78 is 5.10. The van der Waals surface area contributed by atoms with Crippen LogP contribution in [-0.2, 0) is 16.0 Å². The van der Waals surface area contributed by atoms with E-state index in [9.17, 15) is 24.6 Å². The highest BCUT2D eigenvalue weighted by molar-refractivity contribution is 5.95. The number of nitrogens with one attached hydrogen (secondary N) is 2. The molecule has 0 saturated carbocycles. The first kappa shape index (κ1) is 21.7. The Morgan fingerprint density at radius 3 is 2.17 bits per heavy atom. The molecule has 0 radical (unpaired) electrons. The molecular weight excluding hydrogens is 376 g/mol. The minimum atomic E-state index is -1.17. The van der Waals surface area contributed by atoms with Crippen LogP contribution >= 0.6 is 0 Å². The summed E-state index contributed by atoms with van der Waals surface area (Å²) in [5.41, 5.74) is 1.19. The van der Waals surface area contributed by atoms with Gasteiger partial charge in [-0.05, 0) is 50.6 Å². The number of hydrogen-bond acceptors (Lipinski definition) is 5. The smallest absolute Gasteiger partial charge is 0.408 e. The van der Waals surface area contributed by atoms with Gasteiger partial charge in [0.2, 0.25) is 0 Å². The molecule has 1 atom stereocenters. The van der Waals surface area contributed by atoms with Crippen molar-refractivity contribution in [2.75, 3.05) is 5.32 Å². The number of carbonyl (C=O) groups is 3. The molecule has 0 bridgehead atoms. The molecule has 4 N–H and O–H groups in total. The van der Waals surface area contributed by atoms with E-state index in [4.69, 9.17) is 4.74 Å². The zero-order valence-electron chi connectivity index (χ0n) is 16.4. The van der Waals surface area contributed by atoms with E-state index in [1.807, 2.05) is 0 Å². The predicted octanol–water partition coefficient (Wildman–Crippen LogP) is 3.65. The molecule has 29 heavy (non-hydrogen) atoms. The Labute approximate surface area is 168 Å². The molecule has 8 heteroatoms. The molecule has 0 spiro atoms. The number of benzene rings is 2. The van der Waals surface area contributed by atoms with Gasteiger partial charge in [0.1, 0.15) is 11.6 Å². The number of anilines is 2. The standard InChI is InChI=1S/C21H24N2O6/c1-21(2,3)29-20(28)23-17(19(26)27)12-13-8-10-14(11-9-13)22-16-7-5-4-6-15(16)18(24)25/h4-11,17,22H,12H2,1-3H3,(H,23,28)(H,24,25)(H,26,27)/t17-/m0/s1. The maximum Gasteiger partial charge on any atom is 0.408 e. The highest BCUT2D eigenvalue weighted by Gasteiger charge is 2.24. The van der Waals surface area contributed by atoms with E-state index in [2.05, 4.69) is 10.6 Å². The molecule has 0 aliphatic rings. The van der Waals surface area contributed by atoms with Gasteiger partial charge >= 0.3 is 18.0 Å². The van der Waals surface area contributed by atoms with E-state index in [-0.39, 0.29) is 12.0 Å². The van der Waals surface area contributed by atoms with Crippen molar-refractivity contribution in [1.29, 1.82) is 0 Å². The van der Waals surface area contributed by atoms with E-state index in [0.29, 0.717) is 16.9 Å². The lowest BCUT2D eigenvalue weighted by molar-refractivity contribution is -0.139. The summed E-state index contributed by atoms with van der Waals surface area (Å²) in [5.74, 6) is -2.21. The maximum atomic E-state index is 11.9. The van der Waals surface area contributed by atoms with Crippen molar-refractivity contribution in [2.45, 2.75) is 38.8 Å². The third-order valence-electron chi connectivity index (χ3n) is 3.82. The summed E-state index contributed by atoms with van der Waals surface area (Å²) in [6.45, 7) is 5.07. The van der Waals surface area contributed by atoms with Gasteiger partial charge in [-0.2, -0.15) is 0 Å². The fourth-order valence-corrected chi connectivity index (χ4v) is 2.54. The van der Waals surface area contributed by atoms with Crippen LogP contribution in [0.15, 0.2) is 48.5 Å². The fraction of sp³-hybridized carbons (Fsp3) is 0.286. The first-order valence-electron chi connectivity index (χ1n) is 8.96. The molecule has 0 saturated heterocycles. The number of carboxylic acid groups (broad SMARTS) is 2. The SMILES string of the molecule is CC(C)(C)OC(=O)N[C@@H](Cc1ccc(Nc2ccccc2C(=O)O)cc1)C(=O)O. The van der Waals surface area contributed by atoms with Gasteiger partial charge in [-0.3, -0.25) is 0 Å². The molecule has 0 unspecified atom stereocenters. The lowest BCUT2D eigenvalue weighted by atomic mass is 10.1. The molecule has 2 aromatic carbocycles. The lowest BCUT2D eigenvalue weighted by Crippen LogP contribution is -2.44. The van der Waals surface area contributed by atoms with Gasteiger partial charge in [-0.1, -0.05) is 24.3 Å². The monoisotopic (exact) mass is 400 g/mol. The van der Waals surface area contributed by atoms with Gasteiger partial charge in [0.15, 0.2) is 0 Å². The van der Waals surface area contributed by atoms with Crippen LogP contribution in [0.25, 0.3) is 0 Å². The second-order valence-electron chi connectivity index (χ2n) is 7.41. The van der Waals surface area contributed by atoms with Crippen LogP contribution in [0.3, 0.4) is 0 Å². The molecule has 8 nitrogen and oxygen atoms in total. The van der Waals surface area contributed by atoms with E-state index < -0.39 is 29.7 Å². The Morgan fingerprint density at radius 1 is 1.00 bits per heavy atom. The molecule has 0 aliphatic carbocycles. The molecule has 0 aliphatic heterocycles. The van der Waals surface area contributed by atoms with Gasteiger partial charge < -0.3 is 25.6 Å². The van der Waals surface area contributed by atoms with Crippen molar-refractivity contribution in [3.8, 4) is 0 Å². The Morgan fingerprint density at radius 2 is 1.62 bits per heavy atom. The number of aromatic carboxylic acids is 1. The number of carboxylic acids is 2. The van der Waals surface area contributed by atoms with Crippen LogP contribution in [0, 0.1) is 0 Å². The highest BCUT2D eigenvalue weighted by Crippen LogP contribution is 2.21. The highest BCUT2D eigenvalue weighted by atomic mass is 16.6. The van der Waals surface area contributed by atoms with Crippen molar-refractivity contribution in [2.24, 2.45) is 0 Å². The number of amides is 1. The van der Waals surface area contributed by atoms with E-state index in [1.165, 1.54) is 6.07 Å². The predicted molar refractivity (Wildman–Crippen MR) is 108 cm³/mol. The third kappa shape index (κ3) is 6.84. The lowest BCUT2D eigenvalue weighted by Gasteiger charge is -2.22. The molecule has 2 rings (SSSR count). The molecule has 2 aromatic rings. The average Bonchev–Trinajstić information content (AvgIpc) is 2.61. The van der Waals surface area contributed by atoms with E-state index >= 15 is 0 Å². The minimum absolute atomic E-state index is 0.0700. The number of rotatable bonds is 7. The summed E-state index contributed by atoms with van der Waals surface area (Å²) in [6.07, 6.45) is -0.728. The number of aliphatic carboxylic acids is 1. The fourth-order valence-electron chi connectivity index (χ4n) is 2.54. The maximum absolute atomic E-state index is 11.9. The summed E-state index contributed by atoms with van der Waals surface area (Å²) in [5, 5.41) is 24.0. The molecule has 0 aromatic heterocycles. The summed E-state index contributed by atoms with van der Waals surface area (Å²) >= 11 is 0. The Kier molecular flexibility index (Phi) is 6.82. The number of para-hydroxylation sites is 1. The van der Waals surface area contributed by atoms with Crippen LogP contribution in [0.5, 0.6) is 0 Å². The van der Waals surface area contributed by atoms with Crippen molar-refractivity contribution in [3.63, 3.8) is 0 Å². The first-order chi connectivity index (χ1) is 13.5. The zero-order chi connectivity index (χ0) is 21.6. The Bertz CT molecular complexity index is 887. The number of carbonyl (C=O) groups excluding carboxylic acids is 1. The van der Waals surface area contributed by atoms with Crippen LogP contribution in [0.4, 0.5) is 16.2 Å². The van der Waals surface area contributed by atoms with E-state index in [0.717, 1.165) is 0 Å². The van der Waals surface area contributed by atoms with Crippen molar-refractivity contribution >= 4 is 29.4 Å². The van der Waals surface area contributed by atoms with Crippen LogP contribution in [0.1, 0.15) is 36.7 Å². The topological polar surface area (TPSA) is 125 Å².